The molecule has 0 amide bonds. The number of nitrogens with zero attached hydrogens (tertiary/aromatic N) is 5. The van der Waals surface area contributed by atoms with Gasteiger partial charge in [-0.3, -0.25) is 10.00 Å². The predicted molar refractivity (Wildman–Crippen MR) is 119 cm³/mol. The van der Waals surface area contributed by atoms with Crippen LogP contribution in [0.5, 0.6) is 5.75 Å². The Balaban J connectivity index is 1.50. The molecule has 1 unspecified atom stereocenters. The first-order valence-corrected chi connectivity index (χ1v) is 10.5. The summed E-state index contributed by atoms with van der Waals surface area (Å²) < 4.78 is 5.70. The molecule has 1 aliphatic rings. The summed E-state index contributed by atoms with van der Waals surface area (Å²) in [6.45, 7) is 5.73. The predicted octanol–water partition coefficient (Wildman–Crippen LogP) is 3.91. The van der Waals surface area contributed by atoms with E-state index >= 15 is 0 Å². The van der Waals surface area contributed by atoms with E-state index in [1.165, 1.54) is 37.3 Å². The molecular formula is C23H27N7O. The molecule has 3 aromatic rings. The number of benzene rings is 1. The van der Waals surface area contributed by atoms with Crippen molar-refractivity contribution in [3.63, 3.8) is 0 Å². The Hall–Kier alpha value is -3.44. The van der Waals surface area contributed by atoms with Gasteiger partial charge in [0.2, 0.25) is 0 Å². The van der Waals surface area contributed by atoms with Gasteiger partial charge in [-0.2, -0.15) is 10.4 Å². The first-order chi connectivity index (χ1) is 15.1. The summed E-state index contributed by atoms with van der Waals surface area (Å²) in [5.74, 6) is 1.95. The normalized spacial score (nSPS) is 16.4. The molecule has 4 rings (SSSR count). The molecule has 8 heteroatoms. The fourth-order valence-electron chi connectivity index (χ4n) is 4.22. The van der Waals surface area contributed by atoms with Gasteiger partial charge in [0.05, 0.1) is 25.2 Å². The SMILES string of the molecule is COc1cc(CC2CCCN2C(C)C)ccc1-c1cc(Nc2cnc(C#N)cn2)n[nH]1. The number of hydrogen-bond donors (Lipinski definition) is 2. The number of aromatic nitrogens is 4. The van der Waals surface area contributed by atoms with E-state index in [-0.39, 0.29) is 5.69 Å². The van der Waals surface area contributed by atoms with E-state index < -0.39 is 0 Å². The smallest absolute Gasteiger partial charge is 0.158 e. The summed E-state index contributed by atoms with van der Waals surface area (Å²) in [6, 6.07) is 11.4. The topological polar surface area (TPSA) is 103 Å². The van der Waals surface area contributed by atoms with Crippen LogP contribution >= 0.6 is 0 Å². The molecule has 0 saturated carbocycles. The maximum absolute atomic E-state index is 8.83. The molecule has 8 nitrogen and oxygen atoms in total. The van der Waals surface area contributed by atoms with E-state index in [9.17, 15) is 0 Å². The van der Waals surface area contributed by atoms with Crippen molar-refractivity contribution >= 4 is 11.6 Å². The fourth-order valence-corrected chi connectivity index (χ4v) is 4.22. The monoisotopic (exact) mass is 417 g/mol. The second kappa shape index (κ2) is 9.14. The van der Waals surface area contributed by atoms with Crippen molar-refractivity contribution in [2.24, 2.45) is 0 Å². The van der Waals surface area contributed by atoms with Gasteiger partial charge >= 0.3 is 0 Å². The summed E-state index contributed by atoms with van der Waals surface area (Å²) >= 11 is 0. The molecule has 0 spiro atoms. The molecule has 0 radical (unpaired) electrons. The number of hydrogen-bond acceptors (Lipinski definition) is 7. The van der Waals surface area contributed by atoms with Crippen molar-refractivity contribution in [2.45, 2.75) is 45.2 Å². The van der Waals surface area contributed by atoms with E-state index in [0.29, 0.717) is 23.7 Å². The average Bonchev–Trinajstić information content (AvgIpc) is 3.44. The highest BCUT2D eigenvalue weighted by atomic mass is 16.5. The van der Waals surface area contributed by atoms with Crippen molar-refractivity contribution in [3.8, 4) is 23.1 Å². The molecular weight excluding hydrogens is 390 g/mol. The molecule has 1 aromatic carbocycles. The zero-order valence-electron chi connectivity index (χ0n) is 18.1. The number of anilines is 2. The van der Waals surface area contributed by atoms with E-state index in [1.807, 2.05) is 12.1 Å². The van der Waals surface area contributed by atoms with Gasteiger partial charge in [0.25, 0.3) is 0 Å². The van der Waals surface area contributed by atoms with Crippen LogP contribution < -0.4 is 10.1 Å². The summed E-state index contributed by atoms with van der Waals surface area (Å²) in [7, 11) is 1.69. The van der Waals surface area contributed by atoms with Crippen LogP contribution in [0.3, 0.4) is 0 Å². The highest BCUT2D eigenvalue weighted by Crippen LogP contribution is 2.32. The zero-order chi connectivity index (χ0) is 21.8. The minimum Gasteiger partial charge on any atom is -0.496 e. The van der Waals surface area contributed by atoms with Gasteiger partial charge in [0.15, 0.2) is 11.5 Å². The van der Waals surface area contributed by atoms with Gasteiger partial charge in [0.1, 0.15) is 17.6 Å². The quantitative estimate of drug-likeness (QED) is 0.601. The molecule has 1 aliphatic heterocycles. The molecule has 2 N–H and O–H groups in total. The largest absolute Gasteiger partial charge is 0.496 e. The number of rotatable bonds is 7. The van der Waals surface area contributed by atoms with Crippen molar-refractivity contribution in [1.82, 2.24) is 25.1 Å². The molecule has 1 saturated heterocycles. The van der Waals surface area contributed by atoms with Gasteiger partial charge < -0.3 is 10.1 Å². The van der Waals surface area contributed by atoms with Crippen LogP contribution in [0.25, 0.3) is 11.3 Å². The van der Waals surface area contributed by atoms with Gasteiger partial charge in [0, 0.05) is 23.7 Å². The Morgan fingerprint density at radius 2 is 2.13 bits per heavy atom. The molecule has 3 heterocycles. The Morgan fingerprint density at radius 3 is 2.84 bits per heavy atom. The number of methoxy groups -OCH3 is 1. The lowest BCUT2D eigenvalue weighted by Gasteiger charge is -2.28. The minimum absolute atomic E-state index is 0.271. The Bertz CT molecular complexity index is 1070. The zero-order valence-corrected chi connectivity index (χ0v) is 18.1. The van der Waals surface area contributed by atoms with Gasteiger partial charge in [-0.1, -0.05) is 6.07 Å². The highest BCUT2D eigenvalue weighted by Gasteiger charge is 2.26. The average molecular weight is 418 g/mol. The van der Waals surface area contributed by atoms with Crippen molar-refractivity contribution in [3.05, 3.63) is 47.9 Å². The molecule has 0 bridgehead atoms. The van der Waals surface area contributed by atoms with E-state index in [2.05, 4.69) is 62.4 Å². The van der Waals surface area contributed by atoms with Gasteiger partial charge in [-0.25, -0.2) is 9.97 Å². The summed E-state index contributed by atoms with van der Waals surface area (Å²) in [5.41, 5.74) is 3.35. The van der Waals surface area contributed by atoms with Crippen LogP contribution in [0.1, 0.15) is 37.9 Å². The minimum atomic E-state index is 0.271. The number of aromatic amines is 1. The molecule has 1 atom stereocenters. The molecule has 160 valence electrons. The first-order valence-electron chi connectivity index (χ1n) is 10.5. The lowest BCUT2D eigenvalue weighted by atomic mass is 10.00. The van der Waals surface area contributed by atoms with Crippen LogP contribution in [0.4, 0.5) is 11.6 Å². The van der Waals surface area contributed by atoms with Crippen molar-refractivity contribution < 1.29 is 4.74 Å². The number of H-pyrrole nitrogens is 1. The lowest BCUT2D eigenvalue weighted by molar-refractivity contribution is 0.202. The number of nitrogens with one attached hydrogen (secondary N) is 2. The maximum atomic E-state index is 8.83. The van der Waals surface area contributed by atoms with Crippen LogP contribution in [0, 0.1) is 11.3 Å². The number of likely N-dealkylation sites (tertiary alicyclic amines) is 1. The van der Waals surface area contributed by atoms with E-state index in [1.54, 1.807) is 7.11 Å². The van der Waals surface area contributed by atoms with Crippen LogP contribution in [-0.4, -0.2) is 50.8 Å². The molecule has 31 heavy (non-hydrogen) atoms. The van der Waals surface area contributed by atoms with Crippen LogP contribution in [0.15, 0.2) is 36.7 Å². The molecule has 0 aliphatic carbocycles. The summed E-state index contributed by atoms with van der Waals surface area (Å²) in [5, 5.41) is 19.3. The van der Waals surface area contributed by atoms with E-state index in [4.69, 9.17) is 10.00 Å². The van der Waals surface area contributed by atoms with Crippen LogP contribution in [0.2, 0.25) is 0 Å². The third-order valence-electron chi connectivity index (χ3n) is 5.71. The summed E-state index contributed by atoms with van der Waals surface area (Å²) in [6.07, 6.45) is 6.47. The Labute approximate surface area is 182 Å². The number of ether oxygens (including phenoxy) is 1. The third kappa shape index (κ3) is 4.67. The Morgan fingerprint density at radius 1 is 1.26 bits per heavy atom. The standard InChI is InChI=1S/C23H27N7O/c1-15(2)30-8-4-5-18(30)9-16-6-7-19(21(10-16)31-3)20-11-22(29-28-20)27-23-14-25-17(12-24)13-26-23/h6-7,10-11,13-15,18H,4-5,8-9H2,1-3H3,(H2,26,27,28,29). The van der Waals surface area contributed by atoms with E-state index in [0.717, 1.165) is 23.4 Å². The molecule has 1 fully saturated rings. The van der Waals surface area contributed by atoms with Crippen LogP contribution in [-0.2, 0) is 6.42 Å². The maximum Gasteiger partial charge on any atom is 0.158 e. The number of nitriles is 1. The van der Waals surface area contributed by atoms with Gasteiger partial charge in [-0.15, -0.1) is 0 Å². The van der Waals surface area contributed by atoms with Gasteiger partial charge in [-0.05, 0) is 57.4 Å². The van der Waals surface area contributed by atoms with Crippen molar-refractivity contribution in [1.29, 1.82) is 5.26 Å². The second-order valence-electron chi connectivity index (χ2n) is 8.06. The first kappa shape index (κ1) is 20.8. The summed E-state index contributed by atoms with van der Waals surface area (Å²) in [4.78, 5) is 10.8. The molecule has 2 aromatic heterocycles. The Kier molecular flexibility index (Phi) is 6.14. The fraction of sp³-hybridized carbons (Fsp3) is 0.391. The third-order valence-corrected chi connectivity index (χ3v) is 5.71. The highest BCUT2D eigenvalue weighted by molar-refractivity contribution is 5.71. The second-order valence-corrected chi connectivity index (χ2v) is 8.06. The van der Waals surface area contributed by atoms with Crippen molar-refractivity contribution in [2.75, 3.05) is 19.0 Å². The lowest BCUT2D eigenvalue weighted by Crippen LogP contribution is -2.36.